The van der Waals surface area contributed by atoms with Gasteiger partial charge in [0, 0.05) is 5.92 Å². The number of nitrogens with one attached hydrogen (secondary N) is 1. The number of alkyl halides is 3. The number of amides is 1. The van der Waals surface area contributed by atoms with Crippen molar-refractivity contribution in [2.45, 2.75) is 31.5 Å². The summed E-state index contributed by atoms with van der Waals surface area (Å²) >= 11 is 2.94. The highest BCUT2D eigenvalue weighted by atomic mass is 79.9. The van der Waals surface area contributed by atoms with Gasteiger partial charge >= 0.3 is 6.18 Å². The van der Waals surface area contributed by atoms with Gasteiger partial charge < -0.3 is 10.1 Å². The van der Waals surface area contributed by atoms with Crippen LogP contribution in [0.1, 0.15) is 30.1 Å². The lowest BCUT2D eigenvalue weighted by molar-refractivity contribution is -0.384. The van der Waals surface area contributed by atoms with Crippen molar-refractivity contribution < 1.29 is 27.6 Å². The molecule has 0 radical (unpaired) electrons. The van der Waals surface area contributed by atoms with Crippen molar-refractivity contribution in [1.29, 1.82) is 0 Å². The van der Waals surface area contributed by atoms with Gasteiger partial charge in [0.15, 0.2) is 5.69 Å². The largest absolute Gasteiger partial charge is 0.496 e. The molecule has 1 aromatic heterocycles. The number of hydrogen-bond acceptors (Lipinski definition) is 5. The van der Waals surface area contributed by atoms with Crippen LogP contribution in [-0.2, 0) is 17.5 Å². The molecule has 1 heterocycles. The van der Waals surface area contributed by atoms with E-state index < -0.39 is 34.9 Å². The molecule has 28 heavy (non-hydrogen) atoms. The maximum Gasteiger partial charge on any atom is 0.436 e. The molecule has 1 aliphatic rings. The maximum absolute atomic E-state index is 13.1. The van der Waals surface area contributed by atoms with E-state index in [4.69, 9.17) is 4.74 Å². The number of rotatable bonds is 6. The number of carbonyl (C=O) groups is 1. The minimum Gasteiger partial charge on any atom is -0.496 e. The summed E-state index contributed by atoms with van der Waals surface area (Å²) < 4.78 is 45.1. The van der Waals surface area contributed by atoms with Crippen molar-refractivity contribution in [1.82, 2.24) is 9.78 Å². The third-order valence-corrected chi connectivity index (χ3v) is 4.92. The van der Waals surface area contributed by atoms with Gasteiger partial charge in [-0.3, -0.25) is 19.6 Å². The lowest BCUT2D eigenvalue weighted by Gasteiger charge is -2.09. The second kappa shape index (κ2) is 7.41. The second-order valence-corrected chi connectivity index (χ2v) is 6.96. The molecular weight excluding hydrogens is 449 g/mol. The lowest BCUT2D eigenvalue weighted by Crippen LogP contribution is -2.21. The monoisotopic (exact) mass is 462 g/mol. The first-order valence-corrected chi connectivity index (χ1v) is 8.86. The Morgan fingerprint density at radius 2 is 2.14 bits per heavy atom. The maximum atomic E-state index is 13.1. The number of nitrogens with zero attached hydrogens (tertiary/aromatic N) is 3. The number of ether oxygens (including phenoxy) is 1. The van der Waals surface area contributed by atoms with Crippen molar-refractivity contribution in [2.75, 3.05) is 12.4 Å². The van der Waals surface area contributed by atoms with Crippen LogP contribution in [0.3, 0.4) is 0 Å². The summed E-state index contributed by atoms with van der Waals surface area (Å²) in [5.74, 6) is -0.619. The van der Waals surface area contributed by atoms with Crippen molar-refractivity contribution >= 4 is 33.2 Å². The summed E-state index contributed by atoms with van der Waals surface area (Å²) in [5.41, 5.74) is -1.29. The Labute approximate surface area is 164 Å². The van der Waals surface area contributed by atoms with E-state index in [-0.39, 0.29) is 21.8 Å². The molecule has 1 saturated carbocycles. The normalized spacial score (nSPS) is 14.0. The van der Waals surface area contributed by atoms with Gasteiger partial charge in [0.1, 0.15) is 18.0 Å². The number of methoxy groups -OCH3 is 1. The van der Waals surface area contributed by atoms with Crippen molar-refractivity contribution in [3.63, 3.8) is 0 Å². The molecule has 0 atom stereocenters. The molecule has 0 aliphatic heterocycles. The highest BCUT2D eigenvalue weighted by Gasteiger charge is 2.42. The third-order valence-electron chi connectivity index (χ3n) is 4.13. The Bertz CT molecular complexity index is 941. The van der Waals surface area contributed by atoms with E-state index in [0.29, 0.717) is 18.5 Å². The van der Waals surface area contributed by atoms with Crippen LogP contribution < -0.4 is 10.1 Å². The average Bonchev–Trinajstić information content (AvgIpc) is 3.38. The number of nitro groups is 1. The molecule has 1 aliphatic carbocycles. The van der Waals surface area contributed by atoms with Gasteiger partial charge in [0.25, 0.3) is 5.69 Å². The molecule has 2 aromatic rings. The predicted molar refractivity (Wildman–Crippen MR) is 95.2 cm³/mol. The zero-order valence-electron chi connectivity index (χ0n) is 14.4. The van der Waals surface area contributed by atoms with E-state index in [1.54, 1.807) is 0 Å². The first-order chi connectivity index (χ1) is 13.1. The summed E-state index contributed by atoms with van der Waals surface area (Å²) in [7, 11) is 1.34. The van der Waals surface area contributed by atoms with Gasteiger partial charge in [-0.05, 0) is 40.9 Å². The van der Waals surface area contributed by atoms with Gasteiger partial charge in [0.2, 0.25) is 5.91 Å². The van der Waals surface area contributed by atoms with Gasteiger partial charge in [-0.1, -0.05) is 0 Å². The molecule has 0 saturated heterocycles. The number of hydrogen-bond donors (Lipinski definition) is 1. The zero-order chi connectivity index (χ0) is 20.6. The van der Waals surface area contributed by atoms with Crippen LogP contribution in [-0.4, -0.2) is 27.7 Å². The fraction of sp³-hybridized carbons (Fsp3) is 0.375. The fourth-order valence-electron chi connectivity index (χ4n) is 2.72. The van der Waals surface area contributed by atoms with E-state index in [9.17, 15) is 28.1 Å². The van der Waals surface area contributed by atoms with Gasteiger partial charge in [-0.15, -0.1) is 0 Å². The molecule has 8 nitrogen and oxygen atoms in total. The summed E-state index contributed by atoms with van der Waals surface area (Å²) in [4.78, 5) is 22.8. The number of aromatic nitrogens is 2. The molecule has 3 rings (SSSR count). The topological polar surface area (TPSA) is 99.3 Å². The molecule has 0 unspecified atom stereocenters. The van der Waals surface area contributed by atoms with Gasteiger partial charge in [-0.25, -0.2) is 0 Å². The molecule has 0 bridgehead atoms. The van der Waals surface area contributed by atoms with Crippen LogP contribution in [0, 0.1) is 10.1 Å². The molecule has 1 N–H and O–H groups in total. The quantitative estimate of drug-likeness (QED) is 0.514. The molecule has 1 amide bonds. The summed E-state index contributed by atoms with van der Waals surface area (Å²) in [6.45, 7) is -0.510. The second-order valence-electron chi connectivity index (χ2n) is 6.17. The van der Waals surface area contributed by atoms with Crippen molar-refractivity contribution in [3.8, 4) is 5.75 Å². The Morgan fingerprint density at radius 1 is 1.46 bits per heavy atom. The number of anilines is 1. The minimum absolute atomic E-state index is 0.0916. The van der Waals surface area contributed by atoms with Crippen molar-refractivity contribution in [2.24, 2.45) is 0 Å². The van der Waals surface area contributed by atoms with Crippen molar-refractivity contribution in [3.05, 3.63) is 44.2 Å². The minimum atomic E-state index is -4.67. The van der Waals surface area contributed by atoms with Gasteiger partial charge in [0.05, 0.1) is 28.3 Å². The van der Waals surface area contributed by atoms with E-state index in [2.05, 4.69) is 26.3 Å². The number of benzene rings is 1. The predicted octanol–water partition coefficient (Wildman–Crippen LogP) is 4.10. The molecule has 1 fully saturated rings. The number of nitro benzene ring substituents is 1. The summed E-state index contributed by atoms with van der Waals surface area (Å²) in [5, 5.41) is 17.1. The first-order valence-electron chi connectivity index (χ1n) is 8.07. The highest BCUT2D eigenvalue weighted by Crippen LogP contribution is 2.47. The van der Waals surface area contributed by atoms with Crippen LogP contribution in [0.5, 0.6) is 5.75 Å². The molecule has 0 spiro atoms. The Morgan fingerprint density at radius 3 is 2.68 bits per heavy atom. The number of halogens is 4. The van der Waals surface area contributed by atoms with E-state index in [1.165, 1.54) is 19.2 Å². The van der Waals surface area contributed by atoms with Crippen LogP contribution in [0.25, 0.3) is 0 Å². The Balaban J connectivity index is 1.86. The van der Waals surface area contributed by atoms with E-state index in [1.807, 2.05) is 0 Å². The van der Waals surface area contributed by atoms with Crippen LogP contribution in [0.2, 0.25) is 0 Å². The molecule has 12 heteroatoms. The van der Waals surface area contributed by atoms with Crippen LogP contribution in [0.15, 0.2) is 22.7 Å². The van der Waals surface area contributed by atoms with Crippen LogP contribution in [0.4, 0.5) is 24.5 Å². The third kappa shape index (κ3) is 4.11. The Kier molecular flexibility index (Phi) is 5.33. The molecular formula is C16H14BrF3N4O4. The average molecular weight is 463 g/mol. The lowest BCUT2D eigenvalue weighted by atomic mass is 10.2. The zero-order valence-corrected chi connectivity index (χ0v) is 16.0. The SMILES string of the molecule is COc1ccc(NC(=O)Cn2nc(C(F)(F)F)c(Br)c2C2CC2)c([N+](=O)[O-])c1. The number of carbonyl (C=O) groups excluding carboxylic acids is 1. The molecule has 150 valence electrons. The Hall–Kier alpha value is -2.63. The van der Waals surface area contributed by atoms with E-state index in [0.717, 1.165) is 10.7 Å². The fourth-order valence-corrected chi connectivity index (χ4v) is 3.55. The standard InChI is InChI=1S/C16H14BrF3N4O4/c1-28-9-4-5-10(11(6-9)24(26)27)21-12(25)7-23-14(8-2-3-8)13(17)15(22-23)16(18,19)20/h4-6,8H,2-3,7H2,1H3,(H,21,25). The van der Waals surface area contributed by atoms with Gasteiger partial charge in [-0.2, -0.15) is 18.3 Å². The molecule has 1 aromatic carbocycles. The first kappa shape index (κ1) is 20.1. The highest BCUT2D eigenvalue weighted by molar-refractivity contribution is 9.10. The van der Waals surface area contributed by atoms with Crippen LogP contribution >= 0.6 is 15.9 Å². The van der Waals surface area contributed by atoms with E-state index >= 15 is 0 Å². The summed E-state index contributed by atoms with van der Waals surface area (Å²) in [6, 6.07) is 3.85. The summed E-state index contributed by atoms with van der Waals surface area (Å²) in [6.07, 6.45) is -3.26. The smallest absolute Gasteiger partial charge is 0.436 e.